The van der Waals surface area contributed by atoms with Crippen molar-refractivity contribution in [2.75, 3.05) is 7.11 Å². The van der Waals surface area contributed by atoms with E-state index < -0.39 is 0 Å². The van der Waals surface area contributed by atoms with E-state index in [0.29, 0.717) is 19.1 Å². The molecule has 3 nitrogen and oxygen atoms in total. The van der Waals surface area contributed by atoms with E-state index in [1.807, 2.05) is 24.3 Å². The van der Waals surface area contributed by atoms with E-state index in [-0.39, 0.29) is 17.3 Å². The Balaban J connectivity index is 2.04. The van der Waals surface area contributed by atoms with Crippen LogP contribution in [0.2, 0.25) is 0 Å². The molecular formula is C27H42O3. The highest BCUT2D eigenvalue weighted by Gasteiger charge is 2.66. The first-order valence-electron chi connectivity index (χ1n) is 11.9. The van der Waals surface area contributed by atoms with E-state index in [1.165, 1.54) is 44.1 Å². The van der Waals surface area contributed by atoms with Crippen molar-refractivity contribution < 1.29 is 14.3 Å². The van der Waals surface area contributed by atoms with Gasteiger partial charge >= 0.3 is 5.97 Å². The van der Waals surface area contributed by atoms with Gasteiger partial charge in [0.2, 0.25) is 0 Å². The summed E-state index contributed by atoms with van der Waals surface area (Å²) in [6, 6.07) is 8.12. The molecule has 0 radical (unpaired) electrons. The van der Waals surface area contributed by atoms with Gasteiger partial charge in [-0.1, -0.05) is 82.2 Å². The SMILES string of the molecule is C=C(C)CC1C(C(=O)OCc2ccc(COC)cc2)C1(CCCCC)CCCCC. The van der Waals surface area contributed by atoms with Crippen molar-refractivity contribution in [3.63, 3.8) is 0 Å². The second-order valence-electron chi connectivity index (χ2n) is 9.25. The fourth-order valence-corrected chi connectivity index (χ4v) is 5.03. The smallest absolute Gasteiger partial charge is 0.310 e. The molecule has 2 rings (SSSR count). The van der Waals surface area contributed by atoms with Crippen molar-refractivity contribution >= 4 is 5.97 Å². The first-order chi connectivity index (χ1) is 14.5. The average Bonchev–Trinajstić information content (AvgIpc) is 3.33. The number of hydrogen-bond donors (Lipinski definition) is 0. The summed E-state index contributed by atoms with van der Waals surface area (Å²) in [5, 5.41) is 0. The number of esters is 1. The molecule has 3 heteroatoms. The zero-order chi connectivity index (χ0) is 22.0. The number of rotatable bonds is 15. The van der Waals surface area contributed by atoms with Crippen LogP contribution in [0.4, 0.5) is 0 Å². The number of ether oxygens (including phenoxy) is 2. The molecule has 0 saturated heterocycles. The van der Waals surface area contributed by atoms with E-state index in [0.717, 1.165) is 30.4 Å². The first kappa shape index (κ1) is 24.7. The van der Waals surface area contributed by atoms with E-state index in [9.17, 15) is 4.79 Å². The molecule has 0 aromatic heterocycles. The lowest BCUT2D eigenvalue weighted by molar-refractivity contribution is -0.147. The minimum Gasteiger partial charge on any atom is -0.461 e. The maximum absolute atomic E-state index is 13.1. The van der Waals surface area contributed by atoms with Gasteiger partial charge in [-0.15, -0.1) is 6.58 Å². The normalized spacial score (nSPS) is 19.5. The summed E-state index contributed by atoms with van der Waals surface area (Å²) in [7, 11) is 1.69. The van der Waals surface area contributed by atoms with Gasteiger partial charge in [-0.25, -0.2) is 0 Å². The van der Waals surface area contributed by atoms with Gasteiger partial charge < -0.3 is 9.47 Å². The zero-order valence-corrected chi connectivity index (χ0v) is 19.7. The zero-order valence-electron chi connectivity index (χ0n) is 19.7. The minimum atomic E-state index is -0.00443. The number of carbonyl (C=O) groups is 1. The van der Waals surface area contributed by atoms with Gasteiger partial charge in [-0.2, -0.15) is 0 Å². The molecule has 1 aliphatic carbocycles. The lowest BCUT2D eigenvalue weighted by Gasteiger charge is -2.18. The van der Waals surface area contributed by atoms with Gasteiger partial charge in [0.05, 0.1) is 12.5 Å². The van der Waals surface area contributed by atoms with Gasteiger partial charge in [0.15, 0.2) is 0 Å². The fourth-order valence-electron chi connectivity index (χ4n) is 5.03. The van der Waals surface area contributed by atoms with Gasteiger partial charge in [0, 0.05) is 7.11 Å². The van der Waals surface area contributed by atoms with Crippen molar-refractivity contribution in [3.05, 3.63) is 47.5 Å². The Morgan fingerprint density at radius 1 is 0.967 bits per heavy atom. The quantitative estimate of drug-likeness (QED) is 0.172. The number of allylic oxidation sites excluding steroid dienone is 1. The lowest BCUT2D eigenvalue weighted by Crippen LogP contribution is -2.14. The molecule has 1 fully saturated rings. The van der Waals surface area contributed by atoms with E-state index >= 15 is 0 Å². The maximum Gasteiger partial charge on any atom is 0.310 e. The van der Waals surface area contributed by atoms with Crippen molar-refractivity contribution in [2.24, 2.45) is 17.3 Å². The van der Waals surface area contributed by atoms with Crippen molar-refractivity contribution in [1.82, 2.24) is 0 Å². The Hall–Kier alpha value is -1.61. The van der Waals surface area contributed by atoms with Crippen molar-refractivity contribution in [3.8, 4) is 0 Å². The Labute approximate surface area is 184 Å². The number of carbonyl (C=O) groups excluding carboxylic acids is 1. The molecule has 0 heterocycles. The summed E-state index contributed by atoms with van der Waals surface area (Å²) < 4.78 is 11.0. The molecule has 2 unspecified atom stereocenters. The summed E-state index contributed by atoms with van der Waals surface area (Å²) in [6.07, 6.45) is 10.6. The number of unbranched alkanes of at least 4 members (excludes halogenated alkanes) is 4. The Kier molecular flexibility index (Phi) is 10.1. The minimum absolute atomic E-state index is 0.00443. The molecule has 0 amide bonds. The van der Waals surface area contributed by atoms with E-state index in [1.54, 1.807) is 7.11 Å². The van der Waals surface area contributed by atoms with Crippen LogP contribution in [0, 0.1) is 17.3 Å². The third kappa shape index (κ3) is 6.70. The molecule has 0 aliphatic heterocycles. The van der Waals surface area contributed by atoms with Gasteiger partial charge in [0.25, 0.3) is 0 Å². The predicted molar refractivity (Wildman–Crippen MR) is 124 cm³/mol. The molecule has 2 atom stereocenters. The molecule has 0 spiro atoms. The largest absolute Gasteiger partial charge is 0.461 e. The molecular weight excluding hydrogens is 372 g/mol. The molecule has 168 valence electrons. The van der Waals surface area contributed by atoms with Crippen molar-refractivity contribution in [2.45, 2.75) is 91.8 Å². The molecule has 0 N–H and O–H groups in total. The maximum atomic E-state index is 13.1. The van der Waals surface area contributed by atoms with Crippen LogP contribution < -0.4 is 0 Å². The van der Waals surface area contributed by atoms with Crippen LogP contribution in [0.25, 0.3) is 0 Å². The van der Waals surface area contributed by atoms with Gasteiger partial charge in [-0.05, 0) is 48.6 Å². The summed E-state index contributed by atoms with van der Waals surface area (Å²) in [5.41, 5.74) is 3.47. The second-order valence-corrected chi connectivity index (χ2v) is 9.25. The number of methoxy groups -OCH3 is 1. The van der Waals surface area contributed by atoms with Crippen LogP contribution in [0.15, 0.2) is 36.4 Å². The summed E-state index contributed by atoms with van der Waals surface area (Å²) in [4.78, 5) is 13.1. The molecule has 0 bridgehead atoms. The Morgan fingerprint density at radius 2 is 1.50 bits per heavy atom. The number of hydrogen-bond acceptors (Lipinski definition) is 3. The standard InChI is InChI=1S/C27H42O3/c1-6-8-10-16-27(17-11-9-7-2)24(18-21(3)4)25(27)26(28)30-20-23-14-12-22(13-15-23)19-29-5/h12-15,24-25H,3,6-11,16-20H2,1-2,4-5H3. The lowest BCUT2D eigenvalue weighted by atomic mass is 9.87. The van der Waals surface area contributed by atoms with Crippen LogP contribution in [0.5, 0.6) is 0 Å². The Morgan fingerprint density at radius 3 is 1.97 bits per heavy atom. The van der Waals surface area contributed by atoms with Crippen LogP contribution in [-0.4, -0.2) is 13.1 Å². The molecule has 1 saturated carbocycles. The molecule has 1 aromatic rings. The highest BCUT2D eigenvalue weighted by atomic mass is 16.5. The van der Waals surface area contributed by atoms with Crippen LogP contribution >= 0.6 is 0 Å². The molecule has 1 aromatic carbocycles. The van der Waals surface area contributed by atoms with Gasteiger partial charge in [0.1, 0.15) is 6.61 Å². The van der Waals surface area contributed by atoms with Crippen LogP contribution in [-0.2, 0) is 27.5 Å². The second kappa shape index (κ2) is 12.3. The summed E-state index contributed by atoms with van der Waals surface area (Å²) in [6.45, 7) is 11.7. The molecule has 1 aliphatic rings. The van der Waals surface area contributed by atoms with E-state index in [2.05, 4.69) is 27.4 Å². The average molecular weight is 415 g/mol. The third-order valence-corrected chi connectivity index (χ3v) is 6.68. The highest BCUT2D eigenvalue weighted by molar-refractivity contribution is 5.78. The fraction of sp³-hybridized carbons (Fsp3) is 0.667. The predicted octanol–water partition coefficient (Wildman–Crippen LogP) is 7.24. The van der Waals surface area contributed by atoms with Crippen molar-refractivity contribution in [1.29, 1.82) is 0 Å². The number of benzene rings is 1. The topological polar surface area (TPSA) is 35.5 Å². The van der Waals surface area contributed by atoms with E-state index in [4.69, 9.17) is 9.47 Å². The summed E-state index contributed by atoms with van der Waals surface area (Å²) in [5.74, 6) is 0.436. The molecule has 30 heavy (non-hydrogen) atoms. The van der Waals surface area contributed by atoms with Crippen LogP contribution in [0.1, 0.15) is 89.7 Å². The first-order valence-corrected chi connectivity index (χ1v) is 11.9. The summed E-state index contributed by atoms with van der Waals surface area (Å²) >= 11 is 0. The van der Waals surface area contributed by atoms with Crippen LogP contribution in [0.3, 0.4) is 0 Å². The highest BCUT2D eigenvalue weighted by Crippen LogP contribution is 2.67. The monoisotopic (exact) mass is 414 g/mol. The van der Waals surface area contributed by atoms with Gasteiger partial charge in [-0.3, -0.25) is 4.79 Å². The third-order valence-electron chi connectivity index (χ3n) is 6.68. The Bertz CT molecular complexity index is 651.